The zero-order valence-corrected chi connectivity index (χ0v) is 17.2. The van der Waals surface area contributed by atoms with Crippen LogP contribution in [0, 0.1) is 0 Å². The van der Waals surface area contributed by atoms with Gasteiger partial charge in [-0.2, -0.15) is 0 Å². The minimum atomic E-state index is 0.787. The Morgan fingerprint density at radius 2 is 0.567 bits per heavy atom. The van der Waals surface area contributed by atoms with Gasteiger partial charge in [0.15, 0.2) is 0 Å². The van der Waals surface area contributed by atoms with E-state index in [2.05, 4.69) is 51.1 Å². The molecule has 6 heteroatoms. The first-order chi connectivity index (χ1) is 14.6. The molecule has 0 saturated carbocycles. The Labute approximate surface area is 178 Å². The van der Waals surface area contributed by atoms with Crippen molar-refractivity contribution in [1.29, 1.82) is 0 Å². The summed E-state index contributed by atoms with van der Waals surface area (Å²) in [6, 6.07) is 24.5. The molecule has 0 atom stereocenters. The number of anilines is 6. The Balaban J connectivity index is 1.60. The molecular weight excluding hydrogens is 372 g/mol. The normalized spacial score (nSPS) is 15.4. The predicted molar refractivity (Wildman–Crippen MR) is 129 cm³/mol. The van der Waals surface area contributed by atoms with Crippen molar-refractivity contribution in [2.45, 2.75) is 0 Å². The Morgan fingerprint density at radius 3 is 0.767 bits per heavy atom. The molecule has 6 N–H and O–H groups in total. The zero-order chi connectivity index (χ0) is 20.9. The maximum Gasteiger partial charge on any atom is 0.0368 e. The van der Waals surface area contributed by atoms with E-state index >= 15 is 0 Å². The second-order valence-corrected chi connectivity index (χ2v) is 7.74. The molecule has 1 heterocycles. The number of benzene rings is 3. The molecule has 156 valence electrons. The van der Waals surface area contributed by atoms with E-state index in [1.54, 1.807) is 0 Å². The topological polar surface area (TPSA) is 87.8 Å². The maximum absolute atomic E-state index is 5.90. The molecule has 0 bridgehead atoms. The summed E-state index contributed by atoms with van der Waals surface area (Å²) in [5, 5.41) is 0. The molecule has 0 radical (unpaired) electrons. The number of nitrogens with zero attached hydrogens (tertiary/aromatic N) is 3. The smallest absolute Gasteiger partial charge is 0.0368 e. The maximum atomic E-state index is 5.90. The van der Waals surface area contributed by atoms with E-state index in [9.17, 15) is 0 Å². The van der Waals surface area contributed by atoms with Crippen LogP contribution in [-0.2, 0) is 0 Å². The van der Waals surface area contributed by atoms with Crippen LogP contribution in [0.5, 0.6) is 0 Å². The lowest BCUT2D eigenvalue weighted by atomic mass is 10.2. The van der Waals surface area contributed by atoms with Gasteiger partial charge in [-0.15, -0.1) is 0 Å². The van der Waals surface area contributed by atoms with Gasteiger partial charge in [0.05, 0.1) is 0 Å². The summed E-state index contributed by atoms with van der Waals surface area (Å²) in [7, 11) is 0. The van der Waals surface area contributed by atoms with Crippen LogP contribution in [0.1, 0.15) is 0 Å². The van der Waals surface area contributed by atoms with Crippen molar-refractivity contribution in [2.24, 2.45) is 0 Å². The van der Waals surface area contributed by atoms with Gasteiger partial charge in [-0.25, -0.2) is 0 Å². The standard InChI is InChI=1S/C24H30N6/c25-19-1-7-22(8-2-19)28-13-15-29(23-9-3-20(26)4-10-23)17-18-30(16-14-28)24-11-5-21(27)6-12-24/h1-12H,13-18,25-27H2. The molecule has 3 aromatic rings. The molecule has 0 unspecified atom stereocenters. The van der Waals surface area contributed by atoms with Crippen molar-refractivity contribution in [3.8, 4) is 0 Å². The quantitative estimate of drug-likeness (QED) is 0.583. The number of hydrogen-bond acceptors (Lipinski definition) is 6. The van der Waals surface area contributed by atoms with Crippen molar-refractivity contribution >= 4 is 34.1 Å². The first-order valence-corrected chi connectivity index (χ1v) is 10.4. The van der Waals surface area contributed by atoms with E-state index in [-0.39, 0.29) is 0 Å². The van der Waals surface area contributed by atoms with E-state index in [4.69, 9.17) is 17.2 Å². The van der Waals surface area contributed by atoms with Crippen LogP contribution >= 0.6 is 0 Å². The monoisotopic (exact) mass is 402 g/mol. The third kappa shape index (κ3) is 4.71. The number of nitrogen functional groups attached to an aromatic ring is 3. The fourth-order valence-electron chi connectivity index (χ4n) is 3.89. The molecule has 0 aromatic heterocycles. The summed E-state index contributed by atoms with van der Waals surface area (Å²) < 4.78 is 0. The van der Waals surface area contributed by atoms with Gasteiger partial charge in [0.2, 0.25) is 0 Å². The number of rotatable bonds is 3. The van der Waals surface area contributed by atoms with E-state index in [1.165, 1.54) is 17.1 Å². The van der Waals surface area contributed by atoms with Gasteiger partial charge in [0, 0.05) is 73.4 Å². The van der Waals surface area contributed by atoms with Crippen LogP contribution in [0.25, 0.3) is 0 Å². The van der Waals surface area contributed by atoms with Crippen LogP contribution < -0.4 is 31.9 Å². The molecule has 1 saturated heterocycles. The lowest BCUT2D eigenvalue weighted by Gasteiger charge is -2.28. The fraction of sp³-hybridized carbons (Fsp3) is 0.250. The summed E-state index contributed by atoms with van der Waals surface area (Å²) in [6.45, 7) is 5.61. The van der Waals surface area contributed by atoms with Gasteiger partial charge in [0.1, 0.15) is 0 Å². The number of hydrogen-bond donors (Lipinski definition) is 3. The first kappa shape index (κ1) is 19.8. The fourth-order valence-corrected chi connectivity index (χ4v) is 3.89. The van der Waals surface area contributed by atoms with Gasteiger partial charge in [-0.1, -0.05) is 0 Å². The van der Waals surface area contributed by atoms with E-state index in [0.29, 0.717) is 0 Å². The van der Waals surface area contributed by atoms with Gasteiger partial charge < -0.3 is 31.9 Å². The van der Waals surface area contributed by atoms with Crippen LogP contribution in [0.2, 0.25) is 0 Å². The van der Waals surface area contributed by atoms with Crippen LogP contribution in [0.15, 0.2) is 72.8 Å². The summed E-state index contributed by atoms with van der Waals surface area (Å²) in [4.78, 5) is 7.29. The average molecular weight is 403 g/mol. The second-order valence-electron chi connectivity index (χ2n) is 7.74. The van der Waals surface area contributed by atoms with Crippen molar-refractivity contribution in [3.05, 3.63) is 72.8 Å². The van der Waals surface area contributed by atoms with Crippen molar-refractivity contribution in [3.63, 3.8) is 0 Å². The second kappa shape index (κ2) is 8.86. The van der Waals surface area contributed by atoms with E-state index < -0.39 is 0 Å². The van der Waals surface area contributed by atoms with Gasteiger partial charge in [-0.3, -0.25) is 0 Å². The highest BCUT2D eigenvalue weighted by molar-refractivity contribution is 5.57. The molecule has 0 spiro atoms. The SMILES string of the molecule is Nc1ccc(N2CCN(c3ccc(N)cc3)CCN(c3ccc(N)cc3)CC2)cc1. The highest BCUT2D eigenvalue weighted by Gasteiger charge is 2.17. The van der Waals surface area contributed by atoms with Crippen LogP contribution in [0.4, 0.5) is 34.1 Å². The minimum Gasteiger partial charge on any atom is -0.399 e. The third-order valence-corrected chi connectivity index (χ3v) is 5.69. The predicted octanol–water partition coefficient (Wildman–Crippen LogP) is 3.27. The Kier molecular flexibility index (Phi) is 5.84. The number of nitrogens with two attached hydrogens (primary N) is 3. The van der Waals surface area contributed by atoms with Crippen molar-refractivity contribution in [2.75, 3.05) is 71.2 Å². The molecule has 0 aliphatic carbocycles. The molecule has 1 aliphatic heterocycles. The van der Waals surface area contributed by atoms with Gasteiger partial charge in [0.25, 0.3) is 0 Å². The molecule has 4 rings (SSSR count). The molecule has 30 heavy (non-hydrogen) atoms. The molecular formula is C24H30N6. The third-order valence-electron chi connectivity index (χ3n) is 5.69. The molecule has 1 aliphatic rings. The molecule has 3 aromatic carbocycles. The Bertz CT molecular complexity index is 798. The molecule has 0 amide bonds. The first-order valence-electron chi connectivity index (χ1n) is 10.4. The summed E-state index contributed by atoms with van der Waals surface area (Å²) in [6.07, 6.45) is 0. The van der Waals surface area contributed by atoms with Gasteiger partial charge in [-0.05, 0) is 72.8 Å². The van der Waals surface area contributed by atoms with E-state index in [1.807, 2.05) is 36.4 Å². The van der Waals surface area contributed by atoms with Gasteiger partial charge >= 0.3 is 0 Å². The van der Waals surface area contributed by atoms with Crippen LogP contribution in [0.3, 0.4) is 0 Å². The van der Waals surface area contributed by atoms with E-state index in [0.717, 1.165) is 56.3 Å². The Hall–Kier alpha value is -3.54. The Morgan fingerprint density at radius 1 is 0.367 bits per heavy atom. The highest BCUT2D eigenvalue weighted by atomic mass is 15.3. The average Bonchev–Trinajstić information content (AvgIpc) is 2.86. The summed E-state index contributed by atoms with van der Waals surface area (Å²) in [5.41, 5.74) is 23.7. The molecule has 1 fully saturated rings. The summed E-state index contributed by atoms with van der Waals surface area (Å²) in [5.74, 6) is 0. The van der Waals surface area contributed by atoms with Crippen molar-refractivity contribution in [1.82, 2.24) is 0 Å². The largest absolute Gasteiger partial charge is 0.399 e. The van der Waals surface area contributed by atoms with Crippen molar-refractivity contribution < 1.29 is 0 Å². The lowest BCUT2D eigenvalue weighted by molar-refractivity contribution is 0.766. The lowest BCUT2D eigenvalue weighted by Crippen LogP contribution is -2.36. The highest BCUT2D eigenvalue weighted by Crippen LogP contribution is 2.22. The summed E-state index contributed by atoms with van der Waals surface area (Å²) >= 11 is 0. The molecule has 6 nitrogen and oxygen atoms in total. The zero-order valence-electron chi connectivity index (χ0n) is 17.2. The van der Waals surface area contributed by atoms with Crippen LogP contribution in [-0.4, -0.2) is 39.3 Å². The minimum absolute atomic E-state index is 0.787.